The van der Waals surface area contributed by atoms with E-state index in [0.29, 0.717) is 21.5 Å². The number of nitrogens with zero attached hydrogens (tertiary/aromatic N) is 1. The molecule has 27 heavy (non-hydrogen) atoms. The monoisotopic (exact) mass is 409 g/mol. The highest BCUT2D eigenvalue weighted by atomic mass is 35.5. The van der Waals surface area contributed by atoms with Gasteiger partial charge >= 0.3 is 6.03 Å². The number of carbonyl (C=O) groups excluding carboxylic acids is 2. The van der Waals surface area contributed by atoms with Crippen molar-refractivity contribution in [3.8, 4) is 5.75 Å². The Hall–Kier alpha value is -2.44. The van der Waals surface area contributed by atoms with Gasteiger partial charge in [0, 0.05) is 35.9 Å². The number of likely N-dealkylation sites (N-methyl/N-ethyl adjacent to an activating group) is 1. The van der Waals surface area contributed by atoms with Gasteiger partial charge in [-0.15, -0.1) is 0 Å². The standard InChI is InChI=1S/C19H21Cl2N3O3/c1-12(16-8-7-13(20)9-17(16)21)22-19(26)23-14-5-4-6-15(10-14)27-11-18(25)24(2)3/h4-10,12H,11H2,1-3H3,(H2,22,23,26). The van der Waals surface area contributed by atoms with Gasteiger partial charge in [0.1, 0.15) is 5.75 Å². The summed E-state index contributed by atoms with van der Waals surface area (Å²) < 4.78 is 5.44. The topological polar surface area (TPSA) is 70.7 Å². The van der Waals surface area contributed by atoms with E-state index in [0.717, 1.165) is 5.56 Å². The Morgan fingerprint density at radius 1 is 1.15 bits per heavy atom. The van der Waals surface area contributed by atoms with E-state index in [-0.39, 0.29) is 18.6 Å². The second-order valence-electron chi connectivity index (χ2n) is 6.09. The van der Waals surface area contributed by atoms with E-state index in [1.54, 1.807) is 56.6 Å². The van der Waals surface area contributed by atoms with Crippen molar-refractivity contribution in [2.45, 2.75) is 13.0 Å². The molecule has 3 amide bonds. The molecule has 0 bridgehead atoms. The first kappa shape index (κ1) is 20.9. The molecule has 1 atom stereocenters. The molecule has 6 nitrogen and oxygen atoms in total. The number of rotatable bonds is 6. The lowest BCUT2D eigenvalue weighted by atomic mass is 10.1. The van der Waals surface area contributed by atoms with Gasteiger partial charge in [0.2, 0.25) is 0 Å². The quantitative estimate of drug-likeness (QED) is 0.744. The third-order valence-electron chi connectivity index (χ3n) is 3.73. The van der Waals surface area contributed by atoms with E-state index in [1.807, 2.05) is 6.92 Å². The van der Waals surface area contributed by atoms with Crippen LogP contribution in [0.5, 0.6) is 5.75 Å². The molecule has 0 spiro atoms. The largest absolute Gasteiger partial charge is 0.484 e. The van der Waals surface area contributed by atoms with E-state index in [1.165, 1.54) is 4.90 Å². The summed E-state index contributed by atoms with van der Waals surface area (Å²) in [6.45, 7) is 1.75. The highest BCUT2D eigenvalue weighted by Gasteiger charge is 2.13. The zero-order valence-electron chi connectivity index (χ0n) is 15.3. The molecule has 1 unspecified atom stereocenters. The van der Waals surface area contributed by atoms with Crippen molar-refractivity contribution in [3.63, 3.8) is 0 Å². The van der Waals surface area contributed by atoms with E-state index in [2.05, 4.69) is 10.6 Å². The highest BCUT2D eigenvalue weighted by molar-refractivity contribution is 6.35. The maximum atomic E-state index is 12.2. The van der Waals surface area contributed by atoms with Gasteiger partial charge in [0.05, 0.1) is 6.04 Å². The molecule has 0 aromatic heterocycles. The number of hydrogen-bond acceptors (Lipinski definition) is 3. The lowest BCUT2D eigenvalue weighted by Gasteiger charge is -2.17. The Balaban J connectivity index is 1.95. The van der Waals surface area contributed by atoms with Crippen molar-refractivity contribution in [2.75, 3.05) is 26.0 Å². The van der Waals surface area contributed by atoms with Crippen LogP contribution < -0.4 is 15.4 Å². The number of hydrogen-bond donors (Lipinski definition) is 2. The van der Waals surface area contributed by atoms with Crippen molar-refractivity contribution in [2.24, 2.45) is 0 Å². The van der Waals surface area contributed by atoms with E-state index in [4.69, 9.17) is 27.9 Å². The molecule has 0 radical (unpaired) electrons. The van der Waals surface area contributed by atoms with Crippen molar-refractivity contribution < 1.29 is 14.3 Å². The van der Waals surface area contributed by atoms with Crippen LogP contribution in [0.4, 0.5) is 10.5 Å². The normalized spacial score (nSPS) is 11.4. The molecule has 0 aliphatic rings. The van der Waals surface area contributed by atoms with Crippen LogP contribution in [0.1, 0.15) is 18.5 Å². The first-order valence-electron chi connectivity index (χ1n) is 8.21. The van der Waals surface area contributed by atoms with Gasteiger partial charge < -0.3 is 20.3 Å². The number of anilines is 1. The third-order valence-corrected chi connectivity index (χ3v) is 4.29. The summed E-state index contributed by atoms with van der Waals surface area (Å²) in [4.78, 5) is 25.3. The summed E-state index contributed by atoms with van der Waals surface area (Å²) in [7, 11) is 3.31. The minimum absolute atomic E-state index is 0.0747. The number of ether oxygens (including phenoxy) is 1. The van der Waals surface area contributed by atoms with Gasteiger partial charge in [0.15, 0.2) is 6.61 Å². The summed E-state index contributed by atoms with van der Waals surface area (Å²) >= 11 is 12.1. The third kappa shape index (κ3) is 6.34. The van der Waals surface area contributed by atoms with Crippen LogP contribution in [0.3, 0.4) is 0 Å². The molecular weight excluding hydrogens is 389 g/mol. The Kier molecular flexibility index (Phi) is 7.33. The maximum absolute atomic E-state index is 12.2. The van der Waals surface area contributed by atoms with Crippen LogP contribution in [0, 0.1) is 0 Å². The summed E-state index contributed by atoms with van der Waals surface area (Å²) in [6, 6.07) is 11.2. The van der Waals surface area contributed by atoms with Crippen LogP contribution in [-0.4, -0.2) is 37.5 Å². The second kappa shape index (κ2) is 9.48. The number of benzene rings is 2. The maximum Gasteiger partial charge on any atom is 0.319 e. The number of amides is 3. The Morgan fingerprint density at radius 3 is 2.56 bits per heavy atom. The van der Waals surface area contributed by atoms with Crippen LogP contribution in [0.25, 0.3) is 0 Å². The Bertz CT molecular complexity index is 828. The zero-order valence-corrected chi connectivity index (χ0v) is 16.8. The molecule has 0 fully saturated rings. The molecule has 2 rings (SSSR count). The van der Waals surface area contributed by atoms with Crippen LogP contribution >= 0.6 is 23.2 Å². The Labute approximate surface area is 168 Å². The fourth-order valence-electron chi connectivity index (χ4n) is 2.23. The number of carbonyl (C=O) groups is 2. The van der Waals surface area contributed by atoms with Gasteiger partial charge in [-0.05, 0) is 36.8 Å². The first-order chi connectivity index (χ1) is 12.8. The lowest BCUT2D eigenvalue weighted by Crippen LogP contribution is -2.31. The molecule has 144 valence electrons. The number of nitrogens with one attached hydrogen (secondary N) is 2. The summed E-state index contributed by atoms with van der Waals surface area (Å²) in [5, 5.41) is 6.56. The fourth-order valence-corrected chi connectivity index (χ4v) is 2.80. The van der Waals surface area contributed by atoms with E-state index >= 15 is 0 Å². The molecule has 0 aliphatic carbocycles. The van der Waals surface area contributed by atoms with E-state index < -0.39 is 6.03 Å². The zero-order chi connectivity index (χ0) is 20.0. The lowest BCUT2D eigenvalue weighted by molar-refractivity contribution is -0.130. The minimum Gasteiger partial charge on any atom is -0.484 e. The number of urea groups is 1. The molecule has 0 heterocycles. The predicted molar refractivity (Wildman–Crippen MR) is 108 cm³/mol. The predicted octanol–water partition coefficient (Wildman–Crippen LogP) is 4.34. The van der Waals surface area contributed by atoms with Crippen molar-refractivity contribution in [1.29, 1.82) is 0 Å². The molecule has 0 saturated heterocycles. The summed E-state index contributed by atoms with van der Waals surface area (Å²) in [5.74, 6) is 0.330. The molecule has 2 N–H and O–H groups in total. The van der Waals surface area contributed by atoms with E-state index in [9.17, 15) is 9.59 Å². The van der Waals surface area contributed by atoms with Crippen molar-refractivity contribution in [3.05, 3.63) is 58.1 Å². The van der Waals surface area contributed by atoms with Gasteiger partial charge in [-0.1, -0.05) is 35.3 Å². The molecule has 2 aromatic rings. The van der Waals surface area contributed by atoms with Crippen molar-refractivity contribution in [1.82, 2.24) is 10.2 Å². The minimum atomic E-state index is -0.393. The summed E-state index contributed by atoms with van der Waals surface area (Å²) in [5.41, 5.74) is 1.30. The fraction of sp³-hybridized carbons (Fsp3) is 0.263. The smallest absolute Gasteiger partial charge is 0.319 e. The molecule has 2 aromatic carbocycles. The van der Waals surface area contributed by atoms with Gasteiger partial charge in [-0.2, -0.15) is 0 Å². The first-order valence-corrected chi connectivity index (χ1v) is 8.97. The van der Waals surface area contributed by atoms with Crippen LogP contribution in [0.15, 0.2) is 42.5 Å². The molecule has 8 heteroatoms. The van der Waals surface area contributed by atoms with Gasteiger partial charge in [-0.25, -0.2) is 4.79 Å². The highest BCUT2D eigenvalue weighted by Crippen LogP contribution is 2.26. The second-order valence-corrected chi connectivity index (χ2v) is 6.93. The Morgan fingerprint density at radius 2 is 1.89 bits per heavy atom. The van der Waals surface area contributed by atoms with Crippen LogP contribution in [0.2, 0.25) is 10.0 Å². The number of halogens is 2. The molecular formula is C19H21Cl2N3O3. The van der Waals surface area contributed by atoms with Crippen LogP contribution in [-0.2, 0) is 4.79 Å². The average Bonchev–Trinajstić information content (AvgIpc) is 2.59. The van der Waals surface area contributed by atoms with Crippen molar-refractivity contribution >= 4 is 40.8 Å². The van der Waals surface area contributed by atoms with Gasteiger partial charge in [-0.3, -0.25) is 4.79 Å². The molecule has 0 aliphatic heterocycles. The average molecular weight is 410 g/mol. The summed E-state index contributed by atoms with van der Waals surface area (Å²) in [6.07, 6.45) is 0. The van der Waals surface area contributed by atoms with Gasteiger partial charge in [0.25, 0.3) is 5.91 Å². The molecule has 0 saturated carbocycles. The SMILES string of the molecule is CC(NC(=O)Nc1cccc(OCC(=O)N(C)C)c1)c1ccc(Cl)cc1Cl.